The van der Waals surface area contributed by atoms with E-state index in [-0.39, 0.29) is 23.4 Å². The maximum atomic E-state index is 12.2. The van der Waals surface area contributed by atoms with Crippen molar-refractivity contribution in [1.29, 1.82) is 0 Å². The summed E-state index contributed by atoms with van der Waals surface area (Å²) in [4.78, 5) is 27.1. The number of rotatable bonds is 5. The molecule has 0 spiro atoms. The molecule has 0 saturated carbocycles. The summed E-state index contributed by atoms with van der Waals surface area (Å²) in [5.74, 6) is -1.18. The van der Waals surface area contributed by atoms with Gasteiger partial charge in [0.2, 0.25) is 0 Å². The molecule has 110 valence electrons. The van der Waals surface area contributed by atoms with Gasteiger partial charge >= 0.3 is 5.97 Å². The Bertz CT molecular complexity index is 527. The van der Waals surface area contributed by atoms with E-state index in [9.17, 15) is 9.59 Å². The number of nitrogens with zero attached hydrogens (tertiary/aromatic N) is 1. The molecular weight excluding hydrogens is 280 g/mol. The number of carbonyl (C=O) groups excluding carboxylic acids is 1. The molecule has 0 bridgehead atoms. The first kappa shape index (κ1) is 16.4. The highest BCUT2D eigenvalue weighted by atomic mass is 35.5. The molecular formula is C14H19ClN2O3. The minimum atomic E-state index is -0.967. The SMILES string of the molecule is CC(C)c1cc(C(=O)NC(C)(C)CC(=O)O)cc(Cl)n1. The quantitative estimate of drug-likeness (QED) is 0.819. The predicted molar refractivity (Wildman–Crippen MR) is 77.1 cm³/mol. The average molecular weight is 299 g/mol. The molecule has 0 radical (unpaired) electrons. The lowest BCUT2D eigenvalue weighted by molar-refractivity contribution is -0.138. The van der Waals surface area contributed by atoms with Crippen LogP contribution in [-0.2, 0) is 4.79 Å². The second-order valence-electron chi connectivity index (χ2n) is 5.67. The van der Waals surface area contributed by atoms with Crippen LogP contribution >= 0.6 is 11.6 Å². The summed E-state index contributed by atoms with van der Waals surface area (Å²) < 4.78 is 0. The number of carboxylic acids is 1. The van der Waals surface area contributed by atoms with Crippen molar-refractivity contribution < 1.29 is 14.7 Å². The van der Waals surface area contributed by atoms with E-state index < -0.39 is 11.5 Å². The van der Waals surface area contributed by atoms with Gasteiger partial charge in [-0.05, 0) is 31.9 Å². The maximum absolute atomic E-state index is 12.2. The number of aromatic nitrogens is 1. The molecule has 1 heterocycles. The lowest BCUT2D eigenvalue weighted by Crippen LogP contribution is -2.45. The Morgan fingerprint density at radius 2 is 2.00 bits per heavy atom. The lowest BCUT2D eigenvalue weighted by atomic mass is 10.00. The van der Waals surface area contributed by atoms with Gasteiger partial charge in [-0.25, -0.2) is 4.98 Å². The summed E-state index contributed by atoms with van der Waals surface area (Å²) in [7, 11) is 0. The van der Waals surface area contributed by atoms with Gasteiger partial charge in [-0.1, -0.05) is 25.4 Å². The van der Waals surface area contributed by atoms with Crippen LogP contribution in [0.3, 0.4) is 0 Å². The highest BCUT2D eigenvalue weighted by Crippen LogP contribution is 2.18. The van der Waals surface area contributed by atoms with Crippen LogP contribution in [0.4, 0.5) is 0 Å². The van der Waals surface area contributed by atoms with Crippen molar-refractivity contribution in [2.45, 2.75) is 45.6 Å². The number of hydrogen-bond acceptors (Lipinski definition) is 3. The first-order valence-corrected chi connectivity index (χ1v) is 6.70. The minimum Gasteiger partial charge on any atom is -0.481 e. The van der Waals surface area contributed by atoms with E-state index in [1.807, 2.05) is 13.8 Å². The van der Waals surface area contributed by atoms with Crippen molar-refractivity contribution in [3.8, 4) is 0 Å². The number of amides is 1. The van der Waals surface area contributed by atoms with Crippen LogP contribution in [0, 0.1) is 0 Å². The Morgan fingerprint density at radius 3 is 2.50 bits per heavy atom. The van der Waals surface area contributed by atoms with Crippen molar-refractivity contribution in [1.82, 2.24) is 10.3 Å². The summed E-state index contributed by atoms with van der Waals surface area (Å²) in [6, 6.07) is 3.14. The summed E-state index contributed by atoms with van der Waals surface area (Å²) in [5, 5.41) is 11.7. The standard InChI is InChI=1S/C14H19ClN2O3/c1-8(2)10-5-9(6-11(15)16-10)13(20)17-14(3,4)7-12(18)19/h5-6,8H,7H2,1-4H3,(H,17,20)(H,18,19). The molecule has 1 aromatic heterocycles. The molecule has 5 nitrogen and oxygen atoms in total. The van der Waals surface area contributed by atoms with E-state index in [0.29, 0.717) is 5.56 Å². The van der Waals surface area contributed by atoms with E-state index in [1.54, 1.807) is 19.9 Å². The van der Waals surface area contributed by atoms with Gasteiger partial charge in [0.1, 0.15) is 5.15 Å². The molecule has 0 atom stereocenters. The minimum absolute atomic E-state index is 0.146. The van der Waals surface area contributed by atoms with Gasteiger partial charge < -0.3 is 10.4 Å². The lowest BCUT2D eigenvalue weighted by Gasteiger charge is -2.24. The average Bonchev–Trinajstić information content (AvgIpc) is 2.25. The first-order valence-electron chi connectivity index (χ1n) is 6.32. The van der Waals surface area contributed by atoms with Gasteiger partial charge in [0, 0.05) is 16.8 Å². The zero-order valence-corrected chi connectivity index (χ0v) is 12.8. The van der Waals surface area contributed by atoms with Crippen molar-refractivity contribution >= 4 is 23.5 Å². The van der Waals surface area contributed by atoms with Gasteiger partial charge in [-0.3, -0.25) is 9.59 Å². The smallest absolute Gasteiger partial charge is 0.305 e. The van der Waals surface area contributed by atoms with Gasteiger partial charge in [0.05, 0.1) is 6.42 Å². The van der Waals surface area contributed by atoms with Crippen molar-refractivity contribution in [2.24, 2.45) is 0 Å². The van der Waals surface area contributed by atoms with Crippen LogP contribution in [0.2, 0.25) is 5.15 Å². The summed E-state index contributed by atoms with van der Waals surface area (Å²) >= 11 is 5.91. The highest BCUT2D eigenvalue weighted by molar-refractivity contribution is 6.29. The fourth-order valence-corrected chi connectivity index (χ4v) is 1.96. The Labute approximate surface area is 123 Å². The third kappa shape index (κ3) is 4.81. The van der Waals surface area contributed by atoms with Crippen LogP contribution in [-0.4, -0.2) is 27.5 Å². The molecule has 0 aliphatic heterocycles. The number of carbonyl (C=O) groups is 2. The van der Waals surface area contributed by atoms with E-state index in [2.05, 4.69) is 10.3 Å². The topological polar surface area (TPSA) is 79.3 Å². The van der Waals surface area contributed by atoms with Crippen molar-refractivity contribution in [3.63, 3.8) is 0 Å². The number of aliphatic carboxylic acids is 1. The number of carboxylic acid groups (broad SMARTS) is 1. The van der Waals surface area contributed by atoms with Crippen molar-refractivity contribution in [3.05, 3.63) is 28.5 Å². The first-order chi connectivity index (χ1) is 9.10. The molecule has 20 heavy (non-hydrogen) atoms. The van der Waals surface area contributed by atoms with Gasteiger partial charge in [0.15, 0.2) is 0 Å². The fraction of sp³-hybridized carbons (Fsp3) is 0.500. The summed E-state index contributed by atoms with van der Waals surface area (Å²) in [6.07, 6.45) is -0.158. The van der Waals surface area contributed by atoms with Crippen LogP contribution in [0.1, 0.15) is 56.1 Å². The van der Waals surface area contributed by atoms with E-state index in [1.165, 1.54) is 6.07 Å². The summed E-state index contributed by atoms with van der Waals surface area (Å²) in [6.45, 7) is 7.22. The predicted octanol–water partition coefficient (Wildman–Crippen LogP) is 2.84. The third-order valence-corrected chi connectivity index (χ3v) is 2.91. The van der Waals surface area contributed by atoms with Gasteiger partial charge in [0.25, 0.3) is 5.91 Å². The summed E-state index contributed by atoms with van der Waals surface area (Å²) in [5.41, 5.74) is 0.266. The number of nitrogens with one attached hydrogen (secondary N) is 1. The molecule has 0 aromatic carbocycles. The van der Waals surface area contributed by atoms with Crippen LogP contribution < -0.4 is 5.32 Å². The highest BCUT2D eigenvalue weighted by Gasteiger charge is 2.25. The largest absolute Gasteiger partial charge is 0.481 e. The molecule has 2 N–H and O–H groups in total. The monoisotopic (exact) mass is 298 g/mol. The Hall–Kier alpha value is -1.62. The Kier molecular flexibility index (Phi) is 5.11. The second-order valence-corrected chi connectivity index (χ2v) is 6.05. The molecule has 1 amide bonds. The van der Waals surface area contributed by atoms with E-state index in [0.717, 1.165) is 5.69 Å². The van der Waals surface area contributed by atoms with Crippen LogP contribution in [0.5, 0.6) is 0 Å². The number of hydrogen-bond donors (Lipinski definition) is 2. The molecule has 0 aliphatic rings. The van der Waals surface area contributed by atoms with E-state index in [4.69, 9.17) is 16.7 Å². The molecule has 1 rings (SSSR count). The Morgan fingerprint density at radius 1 is 1.40 bits per heavy atom. The third-order valence-electron chi connectivity index (χ3n) is 2.71. The second kappa shape index (κ2) is 6.22. The van der Waals surface area contributed by atoms with Gasteiger partial charge in [-0.2, -0.15) is 0 Å². The maximum Gasteiger partial charge on any atom is 0.305 e. The zero-order chi connectivity index (χ0) is 15.5. The molecule has 0 aliphatic carbocycles. The molecule has 0 fully saturated rings. The van der Waals surface area contributed by atoms with Gasteiger partial charge in [-0.15, -0.1) is 0 Å². The number of halogens is 1. The van der Waals surface area contributed by atoms with Crippen LogP contribution in [0.25, 0.3) is 0 Å². The normalized spacial score (nSPS) is 11.5. The zero-order valence-electron chi connectivity index (χ0n) is 12.0. The molecule has 6 heteroatoms. The molecule has 0 saturated heterocycles. The molecule has 0 unspecified atom stereocenters. The fourth-order valence-electron chi connectivity index (χ4n) is 1.75. The number of pyridine rings is 1. The molecule has 1 aromatic rings. The van der Waals surface area contributed by atoms with Crippen LogP contribution in [0.15, 0.2) is 12.1 Å². The van der Waals surface area contributed by atoms with E-state index >= 15 is 0 Å². The Balaban J connectivity index is 2.95. The van der Waals surface area contributed by atoms with Crippen molar-refractivity contribution in [2.75, 3.05) is 0 Å².